The average molecular weight is 475 g/mol. The van der Waals surface area contributed by atoms with Crippen LogP contribution in [-0.2, 0) is 6.18 Å². The molecule has 0 saturated heterocycles. The number of carbonyl (C=O) groups is 2. The second kappa shape index (κ2) is 8.79. The largest absolute Gasteiger partial charge is 0.417 e. The van der Waals surface area contributed by atoms with Gasteiger partial charge in [0.25, 0.3) is 5.91 Å². The molecule has 0 unspecified atom stereocenters. The van der Waals surface area contributed by atoms with Crippen LogP contribution in [-0.4, -0.2) is 27.1 Å². The summed E-state index contributed by atoms with van der Waals surface area (Å²) in [5.74, 6) is -0.448. The zero-order valence-corrected chi connectivity index (χ0v) is 17.3. The number of hydrogen-bond donors (Lipinski definition) is 4. The monoisotopic (exact) mass is 474 g/mol. The van der Waals surface area contributed by atoms with Crippen molar-refractivity contribution in [3.05, 3.63) is 77.1 Å². The number of rotatable bonds is 4. The Morgan fingerprint density at radius 1 is 0.909 bits per heavy atom. The van der Waals surface area contributed by atoms with Gasteiger partial charge >= 0.3 is 12.2 Å². The van der Waals surface area contributed by atoms with E-state index in [0.29, 0.717) is 11.3 Å². The molecule has 0 aliphatic carbocycles. The van der Waals surface area contributed by atoms with E-state index in [9.17, 15) is 22.8 Å². The minimum Gasteiger partial charge on any atom is -0.321 e. The number of pyridine rings is 1. The Morgan fingerprint density at radius 3 is 2.42 bits per heavy atom. The number of nitrogens with one attached hydrogen (secondary N) is 4. The number of aromatic nitrogens is 3. The van der Waals surface area contributed by atoms with E-state index in [1.165, 1.54) is 30.5 Å². The van der Waals surface area contributed by atoms with Crippen molar-refractivity contribution in [2.75, 3.05) is 16.0 Å². The van der Waals surface area contributed by atoms with Gasteiger partial charge in [0.05, 0.1) is 28.7 Å². The van der Waals surface area contributed by atoms with E-state index in [1.807, 2.05) is 0 Å². The number of alkyl halides is 3. The number of fused-ring (bicyclic) bond motifs is 1. The molecular formula is C21H14ClF3N6O2. The number of anilines is 3. The molecule has 2 heterocycles. The number of benzene rings is 2. The van der Waals surface area contributed by atoms with Gasteiger partial charge in [0.1, 0.15) is 0 Å². The molecule has 2 aromatic heterocycles. The normalized spacial score (nSPS) is 11.3. The molecule has 4 rings (SSSR count). The van der Waals surface area contributed by atoms with E-state index >= 15 is 0 Å². The zero-order chi connectivity index (χ0) is 23.6. The first-order chi connectivity index (χ1) is 15.7. The van der Waals surface area contributed by atoms with Crippen LogP contribution in [0.2, 0.25) is 5.02 Å². The van der Waals surface area contributed by atoms with Crippen molar-refractivity contribution in [1.29, 1.82) is 0 Å². The van der Waals surface area contributed by atoms with Crippen LogP contribution in [0.3, 0.4) is 0 Å². The highest BCUT2D eigenvalue weighted by molar-refractivity contribution is 6.31. The third-order valence-electron chi connectivity index (χ3n) is 4.46. The van der Waals surface area contributed by atoms with E-state index in [0.717, 1.165) is 17.5 Å². The predicted molar refractivity (Wildman–Crippen MR) is 117 cm³/mol. The van der Waals surface area contributed by atoms with Crippen molar-refractivity contribution in [3.63, 3.8) is 0 Å². The molecule has 4 N–H and O–H groups in total. The van der Waals surface area contributed by atoms with E-state index in [4.69, 9.17) is 11.6 Å². The van der Waals surface area contributed by atoms with E-state index < -0.39 is 28.7 Å². The van der Waals surface area contributed by atoms with Crippen LogP contribution < -0.4 is 16.0 Å². The molecule has 0 fully saturated rings. The molecular weight excluding hydrogens is 461 g/mol. The van der Waals surface area contributed by atoms with Gasteiger partial charge in [-0.3, -0.25) is 9.89 Å². The molecule has 12 heteroatoms. The van der Waals surface area contributed by atoms with Gasteiger partial charge in [-0.05, 0) is 42.5 Å². The van der Waals surface area contributed by atoms with Gasteiger partial charge < -0.3 is 16.0 Å². The summed E-state index contributed by atoms with van der Waals surface area (Å²) in [7, 11) is 0. The summed E-state index contributed by atoms with van der Waals surface area (Å²) in [4.78, 5) is 29.0. The number of H-pyrrole nitrogens is 1. The summed E-state index contributed by atoms with van der Waals surface area (Å²) in [6.07, 6.45) is -1.63. The number of carbonyl (C=O) groups excluding carboxylic acids is 2. The molecule has 0 aliphatic heterocycles. The van der Waals surface area contributed by atoms with Gasteiger partial charge in [-0.15, -0.1) is 0 Å². The fraction of sp³-hybridized carbons (Fsp3) is 0.0476. The van der Waals surface area contributed by atoms with Gasteiger partial charge in [0, 0.05) is 22.3 Å². The van der Waals surface area contributed by atoms with Crippen LogP contribution in [0.1, 0.15) is 15.9 Å². The summed E-state index contributed by atoms with van der Waals surface area (Å²) < 4.78 is 39.0. The number of halogens is 4. The topological polar surface area (TPSA) is 112 Å². The van der Waals surface area contributed by atoms with Crippen molar-refractivity contribution >= 4 is 51.6 Å². The minimum absolute atomic E-state index is 0.0970. The lowest BCUT2D eigenvalue weighted by molar-refractivity contribution is -0.137. The smallest absolute Gasteiger partial charge is 0.321 e. The van der Waals surface area contributed by atoms with Gasteiger partial charge in [-0.25, -0.2) is 9.78 Å². The van der Waals surface area contributed by atoms with Crippen molar-refractivity contribution in [2.24, 2.45) is 0 Å². The second-order valence-electron chi connectivity index (χ2n) is 6.84. The lowest BCUT2D eigenvalue weighted by Gasteiger charge is -2.13. The van der Waals surface area contributed by atoms with E-state index in [-0.39, 0.29) is 16.9 Å². The number of aromatic amines is 1. The van der Waals surface area contributed by atoms with Gasteiger partial charge in [0.15, 0.2) is 5.65 Å². The fourth-order valence-electron chi connectivity index (χ4n) is 2.96. The van der Waals surface area contributed by atoms with E-state index in [2.05, 4.69) is 31.1 Å². The highest BCUT2D eigenvalue weighted by Gasteiger charge is 2.33. The third-order valence-corrected chi connectivity index (χ3v) is 4.79. The molecule has 0 saturated carbocycles. The summed E-state index contributed by atoms with van der Waals surface area (Å²) in [5.41, 5.74) is 0.366. The number of hydrogen-bond acceptors (Lipinski definition) is 4. The van der Waals surface area contributed by atoms with Gasteiger partial charge in [-0.1, -0.05) is 17.7 Å². The fourth-order valence-corrected chi connectivity index (χ4v) is 3.18. The van der Waals surface area contributed by atoms with Crippen LogP contribution in [0.25, 0.3) is 11.0 Å². The maximum atomic E-state index is 13.0. The first kappa shape index (κ1) is 22.1. The lowest BCUT2D eigenvalue weighted by atomic mass is 10.2. The highest BCUT2D eigenvalue weighted by atomic mass is 35.5. The molecule has 0 bridgehead atoms. The highest BCUT2D eigenvalue weighted by Crippen LogP contribution is 2.36. The quantitative estimate of drug-likeness (QED) is 0.311. The Balaban J connectivity index is 1.43. The van der Waals surface area contributed by atoms with Crippen LogP contribution in [0, 0.1) is 0 Å². The van der Waals surface area contributed by atoms with Crippen LogP contribution >= 0.6 is 11.6 Å². The number of amides is 3. The summed E-state index contributed by atoms with van der Waals surface area (Å²) in [5, 5.41) is 14.3. The van der Waals surface area contributed by atoms with Crippen molar-refractivity contribution in [1.82, 2.24) is 15.2 Å². The molecule has 2 aromatic carbocycles. The van der Waals surface area contributed by atoms with Crippen LogP contribution in [0.5, 0.6) is 0 Å². The molecule has 168 valence electrons. The average Bonchev–Trinajstić information content (AvgIpc) is 3.22. The van der Waals surface area contributed by atoms with Crippen molar-refractivity contribution in [2.45, 2.75) is 6.18 Å². The molecule has 33 heavy (non-hydrogen) atoms. The molecule has 0 aliphatic rings. The van der Waals surface area contributed by atoms with Crippen LogP contribution in [0.4, 0.5) is 35.0 Å². The minimum atomic E-state index is -4.66. The van der Waals surface area contributed by atoms with E-state index in [1.54, 1.807) is 18.3 Å². The molecule has 8 nitrogen and oxygen atoms in total. The second-order valence-corrected chi connectivity index (χ2v) is 7.25. The maximum absolute atomic E-state index is 13.0. The Morgan fingerprint density at radius 2 is 1.67 bits per heavy atom. The summed E-state index contributed by atoms with van der Waals surface area (Å²) in [6, 6.07) is 9.95. The standard InChI is InChI=1S/C21H14ClF3N6O2/c22-17-5-4-14(8-16(17)21(23,24)25)30-20(33)29-13-3-1-2-11(6-13)19(32)28-15-7-12-9-27-31-18(12)26-10-15/h1-10H,(H,28,32)(H,26,27,31)(H2,29,30,33). The van der Waals surface area contributed by atoms with Crippen molar-refractivity contribution in [3.8, 4) is 0 Å². The molecule has 0 atom stereocenters. The first-order valence-corrected chi connectivity index (χ1v) is 9.72. The van der Waals surface area contributed by atoms with Gasteiger partial charge in [0.2, 0.25) is 0 Å². The summed E-state index contributed by atoms with van der Waals surface area (Å²) >= 11 is 5.58. The lowest BCUT2D eigenvalue weighted by Crippen LogP contribution is -2.20. The third kappa shape index (κ3) is 5.21. The van der Waals surface area contributed by atoms with Gasteiger partial charge in [-0.2, -0.15) is 18.3 Å². The van der Waals surface area contributed by atoms with Crippen LogP contribution in [0.15, 0.2) is 60.9 Å². The predicted octanol–water partition coefficient (Wildman–Crippen LogP) is 5.53. The molecule has 0 spiro atoms. The molecule has 4 aromatic rings. The Hall–Kier alpha value is -4.12. The maximum Gasteiger partial charge on any atom is 0.417 e. The summed E-state index contributed by atoms with van der Waals surface area (Å²) in [6.45, 7) is 0. The molecule has 0 radical (unpaired) electrons. The SMILES string of the molecule is O=C(Nc1cccc(C(=O)Nc2cnc3[nH]ncc3c2)c1)Nc1ccc(Cl)c(C(F)(F)F)c1. The first-order valence-electron chi connectivity index (χ1n) is 9.34. The van der Waals surface area contributed by atoms with Crippen molar-refractivity contribution < 1.29 is 22.8 Å². The Bertz CT molecular complexity index is 1360. The Kier molecular flexibility index (Phi) is 5.88. The zero-order valence-electron chi connectivity index (χ0n) is 16.5. The Labute approximate surface area is 189 Å². The number of urea groups is 1. The molecule has 3 amide bonds. The number of nitrogens with zero attached hydrogens (tertiary/aromatic N) is 2.